The fourth-order valence-corrected chi connectivity index (χ4v) is 2.91. The predicted octanol–water partition coefficient (Wildman–Crippen LogP) is 1.28. The second-order valence-electron chi connectivity index (χ2n) is 6.40. The van der Waals surface area contributed by atoms with Crippen molar-refractivity contribution in [1.29, 1.82) is 0 Å². The van der Waals surface area contributed by atoms with Gasteiger partial charge in [-0.15, -0.1) is 24.0 Å². The van der Waals surface area contributed by atoms with Crippen molar-refractivity contribution < 1.29 is 14.3 Å². The molecular formula is C17H35IN4O3. The second kappa shape index (κ2) is 13.6. The van der Waals surface area contributed by atoms with E-state index in [0.717, 1.165) is 51.7 Å². The maximum absolute atomic E-state index is 11.8. The molecule has 1 saturated heterocycles. The van der Waals surface area contributed by atoms with Crippen LogP contribution in [0.5, 0.6) is 0 Å². The van der Waals surface area contributed by atoms with Gasteiger partial charge in [0.25, 0.3) is 0 Å². The predicted molar refractivity (Wildman–Crippen MR) is 112 cm³/mol. The van der Waals surface area contributed by atoms with Crippen molar-refractivity contribution in [2.75, 3.05) is 67.1 Å². The van der Waals surface area contributed by atoms with Crippen LogP contribution in [0.25, 0.3) is 0 Å². The van der Waals surface area contributed by atoms with Gasteiger partial charge in [0.15, 0.2) is 5.96 Å². The molecule has 1 fully saturated rings. The van der Waals surface area contributed by atoms with Gasteiger partial charge < -0.3 is 24.6 Å². The number of likely N-dealkylation sites (N-methyl/N-ethyl adjacent to an activating group) is 1. The molecule has 2 unspecified atom stereocenters. The van der Waals surface area contributed by atoms with Crippen LogP contribution in [0.4, 0.5) is 0 Å². The van der Waals surface area contributed by atoms with Crippen molar-refractivity contribution in [2.45, 2.75) is 20.3 Å². The minimum atomic E-state index is -0.124. The smallest absolute Gasteiger partial charge is 0.310 e. The van der Waals surface area contributed by atoms with Crippen LogP contribution in [-0.2, 0) is 14.3 Å². The highest BCUT2D eigenvalue weighted by Crippen LogP contribution is 2.24. The number of likely N-dealkylation sites (tertiary alicyclic amines) is 1. The number of hydrogen-bond acceptors (Lipinski definition) is 5. The normalized spacial score (nSPS) is 20.6. The van der Waals surface area contributed by atoms with E-state index in [0.29, 0.717) is 6.54 Å². The molecule has 0 radical (unpaired) electrons. The van der Waals surface area contributed by atoms with Crippen LogP contribution in [0.2, 0.25) is 0 Å². The Morgan fingerprint density at radius 3 is 2.64 bits per heavy atom. The summed E-state index contributed by atoms with van der Waals surface area (Å²) in [5.41, 5.74) is 0. The molecule has 0 amide bonds. The molecule has 0 aromatic carbocycles. The van der Waals surface area contributed by atoms with Gasteiger partial charge in [-0.05, 0) is 32.9 Å². The molecule has 1 aliphatic rings. The van der Waals surface area contributed by atoms with Crippen molar-refractivity contribution in [2.24, 2.45) is 16.8 Å². The van der Waals surface area contributed by atoms with E-state index in [2.05, 4.69) is 36.0 Å². The maximum atomic E-state index is 11.8. The summed E-state index contributed by atoms with van der Waals surface area (Å²) in [5, 5.41) is 3.34. The third-order valence-electron chi connectivity index (χ3n) is 4.39. The molecule has 1 N–H and O–H groups in total. The lowest BCUT2D eigenvalue weighted by molar-refractivity contribution is -0.145. The molecule has 1 rings (SSSR count). The molecule has 0 saturated carbocycles. The van der Waals surface area contributed by atoms with E-state index in [9.17, 15) is 4.79 Å². The average molecular weight is 470 g/mol. The second-order valence-corrected chi connectivity index (χ2v) is 6.40. The van der Waals surface area contributed by atoms with Crippen LogP contribution in [0, 0.1) is 11.8 Å². The quantitative estimate of drug-likeness (QED) is 0.180. The van der Waals surface area contributed by atoms with Crippen molar-refractivity contribution in [3.8, 4) is 0 Å². The van der Waals surface area contributed by atoms with Gasteiger partial charge in [0.05, 0.1) is 19.6 Å². The topological polar surface area (TPSA) is 66.4 Å². The number of guanidine groups is 1. The van der Waals surface area contributed by atoms with Crippen LogP contribution in [0.3, 0.4) is 0 Å². The minimum Gasteiger partial charge on any atom is -0.469 e. The van der Waals surface area contributed by atoms with Gasteiger partial charge in [-0.3, -0.25) is 9.79 Å². The SMILES string of the molecule is CCNC(=NCCCN(C)CCOC)N1CC(C)C(C(=O)OC)C1.I. The zero-order valence-electron chi connectivity index (χ0n) is 16.3. The molecule has 7 nitrogen and oxygen atoms in total. The summed E-state index contributed by atoms with van der Waals surface area (Å²) in [6, 6.07) is 0. The number of rotatable bonds is 9. The average Bonchev–Trinajstić information content (AvgIpc) is 2.96. The third kappa shape index (κ3) is 8.54. The molecule has 1 heterocycles. The number of hydrogen-bond donors (Lipinski definition) is 1. The van der Waals surface area contributed by atoms with Crippen LogP contribution in [0.1, 0.15) is 20.3 Å². The van der Waals surface area contributed by atoms with E-state index >= 15 is 0 Å². The van der Waals surface area contributed by atoms with E-state index < -0.39 is 0 Å². The first kappa shape index (κ1) is 24.4. The van der Waals surface area contributed by atoms with Gasteiger partial charge in [0.2, 0.25) is 0 Å². The molecule has 148 valence electrons. The summed E-state index contributed by atoms with van der Waals surface area (Å²) < 4.78 is 9.99. The molecule has 8 heteroatoms. The summed E-state index contributed by atoms with van der Waals surface area (Å²) in [7, 11) is 5.27. The lowest BCUT2D eigenvalue weighted by Gasteiger charge is -2.21. The van der Waals surface area contributed by atoms with Crippen LogP contribution < -0.4 is 5.32 Å². The van der Waals surface area contributed by atoms with Gasteiger partial charge in [-0.2, -0.15) is 0 Å². The largest absolute Gasteiger partial charge is 0.469 e. The Hall–Kier alpha value is -0.610. The lowest BCUT2D eigenvalue weighted by atomic mass is 9.99. The summed E-state index contributed by atoms with van der Waals surface area (Å²) in [4.78, 5) is 21.0. The van der Waals surface area contributed by atoms with Crippen molar-refractivity contribution in [3.63, 3.8) is 0 Å². The highest BCUT2D eigenvalue weighted by molar-refractivity contribution is 14.0. The Bertz CT molecular complexity index is 409. The zero-order valence-corrected chi connectivity index (χ0v) is 18.6. The molecular weight excluding hydrogens is 435 g/mol. The van der Waals surface area contributed by atoms with Crippen molar-refractivity contribution in [3.05, 3.63) is 0 Å². The number of esters is 1. The highest BCUT2D eigenvalue weighted by atomic mass is 127. The Balaban J connectivity index is 0.00000576. The van der Waals surface area contributed by atoms with E-state index in [1.165, 1.54) is 7.11 Å². The van der Waals surface area contributed by atoms with Crippen LogP contribution >= 0.6 is 24.0 Å². The van der Waals surface area contributed by atoms with E-state index in [1.54, 1.807) is 7.11 Å². The Kier molecular flexibility index (Phi) is 13.2. The molecule has 0 spiro atoms. The number of aliphatic imine (C=N–C) groups is 1. The van der Waals surface area contributed by atoms with E-state index in [-0.39, 0.29) is 41.8 Å². The number of methoxy groups -OCH3 is 2. The molecule has 0 aromatic rings. The molecule has 0 aliphatic carbocycles. The van der Waals surface area contributed by atoms with Crippen molar-refractivity contribution >= 4 is 35.9 Å². The molecule has 1 aliphatic heterocycles. The summed E-state index contributed by atoms with van der Waals surface area (Å²) in [5.74, 6) is 0.983. The van der Waals surface area contributed by atoms with Gasteiger partial charge in [-0.25, -0.2) is 0 Å². The van der Waals surface area contributed by atoms with Gasteiger partial charge in [-0.1, -0.05) is 6.92 Å². The van der Waals surface area contributed by atoms with Crippen molar-refractivity contribution in [1.82, 2.24) is 15.1 Å². The maximum Gasteiger partial charge on any atom is 0.310 e. The molecule has 0 aromatic heterocycles. The van der Waals surface area contributed by atoms with Gasteiger partial charge in [0, 0.05) is 39.8 Å². The first-order valence-corrected chi connectivity index (χ1v) is 8.82. The number of carbonyl (C=O) groups is 1. The summed E-state index contributed by atoms with van der Waals surface area (Å²) in [6.07, 6.45) is 0.999. The summed E-state index contributed by atoms with van der Waals surface area (Å²) in [6.45, 7) is 9.93. The summed E-state index contributed by atoms with van der Waals surface area (Å²) >= 11 is 0. The Morgan fingerprint density at radius 2 is 2.04 bits per heavy atom. The fourth-order valence-electron chi connectivity index (χ4n) is 2.91. The van der Waals surface area contributed by atoms with E-state index in [4.69, 9.17) is 14.5 Å². The zero-order chi connectivity index (χ0) is 17.9. The lowest BCUT2D eigenvalue weighted by Crippen LogP contribution is -2.40. The highest BCUT2D eigenvalue weighted by Gasteiger charge is 2.36. The van der Waals surface area contributed by atoms with Crippen LogP contribution in [0.15, 0.2) is 4.99 Å². The number of halogens is 1. The van der Waals surface area contributed by atoms with E-state index in [1.807, 2.05) is 0 Å². The fraction of sp³-hybridized carbons (Fsp3) is 0.882. The molecule has 0 bridgehead atoms. The number of nitrogens with zero attached hydrogens (tertiary/aromatic N) is 3. The third-order valence-corrected chi connectivity index (χ3v) is 4.39. The number of ether oxygens (including phenoxy) is 2. The van der Waals surface area contributed by atoms with Gasteiger partial charge in [0.1, 0.15) is 0 Å². The van der Waals surface area contributed by atoms with Gasteiger partial charge >= 0.3 is 5.97 Å². The molecule has 2 atom stereocenters. The molecule has 25 heavy (non-hydrogen) atoms. The number of carbonyl (C=O) groups excluding carboxylic acids is 1. The first-order chi connectivity index (χ1) is 11.5. The minimum absolute atomic E-state index is 0. The van der Waals surface area contributed by atoms with Crippen LogP contribution in [-0.4, -0.2) is 88.9 Å². The number of nitrogens with one attached hydrogen (secondary N) is 1. The standard InChI is InChI=1S/C17H34N4O3.HI/c1-6-18-17(19-8-7-9-20(3)10-11-23-4)21-12-14(2)15(13-21)16(22)24-5;/h14-15H,6-13H2,1-5H3,(H,18,19);1H. The Labute approximate surface area is 169 Å². The first-order valence-electron chi connectivity index (χ1n) is 8.82. The Morgan fingerprint density at radius 1 is 1.32 bits per heavy atom. The monoisotopic (exact) mass is 470 g/mol.